The van der Waals surface area contributed by atoms with Crippen molar-refractivity contribution in [3.8, 4) is 0 Å². The van der Waals surface area contributed by atoms with Crippen molar-refractivity contribution in [3.05, 3.63) is 68.7 Å². The molecule has 0 radical (unpaired) electrons. The minimum Gasteiger partial charge on any atom is -0.207 e. The Morgan fingerprint density at radius 2 is 1.80 bits per heavy atom. The van der Waals surface area contributed by atoms with E-state index in [1.54, 1.807) is 12.1 Å². The van der Waals surface area contributed by atoms with Gasteiger partial charge in [0.2, 0.25) is 0 Å². The first-order chi connectivity index (χ1) is 9.54. The van der Waals surface area contributed by atoms with Gasteiger partial charge >= 0.3 is 0 Å². The van der Waals surface area contributed by atoms with Crippen LogP contribution in [-0.4, -0.2) is 5.88 Å². The Kier molecular flexibility index (Phi) is 5.42. The summed E-state index contributed by atoms with van der Waals surface area (Å²) >= 11 is 15.1. The summed E-state index contributed by atoms with van der Waals surface area (Å²) in [5, 5.41) is 0.550. The summed E-state index contributed by atoms with van der Waals surface area (Å²) in [6, 6.07) is 9.78. The fourth-order valence-corrected chi connectivity index (χ4v) is 2.99. The Balaban J connectivity index is 2.37. The summed E-state index contributed by atoms with van der Waals surface area (Å²) in [7, 11) is 0. The van der Waals surface area contributed by atoms with E-state index in [1.807, 2.05) is 12.1 Å². The van der Waals surface area contributed by atoms with Crippen molar-refractivity contribution < 1.29 is 8.78 Å². The first-order valence-corrected chi connectivity index (χ1v) is 7.68. The highest BCUT2D eigenvalue weighted by Crippen LogP contribution is 2.31. The average molecular weight is 380 g/mol. The molecule has 20 heavy (non-hydrogen) atoms. The zero-order valence-electron chi connectivity index (χ0n) is 10.3. The summed E-state index contributed by atoms with van der Waals surface area (Å²) in [6.45, 7) is 0. The van der Waals surface area contributed by atoms with Crippen LogP contribution in [0.2, 0.25) is 5.02 Å². The Bertz CT molecular complexity index is 617. The normalized spacial score (nSPS) is 12.4. The van der Waals surface area contributed by atoms with E-state index in [2.05, 4.69) is 15.9 Å². The molecule has 0 nitrogen and oxygen atoms in total. The van der Waals surface area contributed by atoms with Gasteiger partial charge in [-0.1, -0.05) is 29.8 Å². The number of alkyl halides is 1. The van der Waals surface area contributed by atoms with E-state index in [9.17, 15) is 8.78 Å². The van der Waals surface area contributed by atoms with Crippen LogP contribution in [0.25, 0.3) is 0 Å². The maximum Gasteiger partial charge on any atom is 0.143 e. The monoisotopic (exact) mass is 378 g/mol. The average Bonchev–Trinajstić information content (AvgIpc) is 2.45. The molecule has 0 heterocycles. The molecular weight excluding hydrogens is 369 g/mol. The molecule has 5 heteroatoms. The highest BCUT2D eigenvalue weighted by atomic mass is 79.9. The van der Waals surface area contributed by atoms with Crippen molar-refractivity contribution in [2.45, 2.75) is 12.3 Å². The van der Waals surface area contributed by atoms with Crippen LogP contribution in [0.15, 0.2) is 40.9 Å². The van der Waals surface area contributed by atoms with Gasteiger partial charge in [0.25, 0.3) is 0 Å². The topological polar surface area (TPSA) is 0 Å². The van der Waals surface area contributed by atoms with Gasteiger partial charge in [0.05, 0.1) is 4.47 Å². The lowest BCUT2D eigenvalue weighted by atomic mass is 9.93. The Hall–Kier alpha value is -0.640. The van der Waals surface area contributed by atoms with Gasteiger partial charge in [0.15, 0.2) is 0 Å². The molecule has 0 saturated heterocycles. The largest absolute Gasteiger partial charge is 0.207 e. The second-order valence-electron chi connectivity index (χ2n) is 4.40. The standard InChI is InChI=1S/C15H11BrCl2F2/c16-12-5-6-14(19)11(15(12)20)7-9(8-17)10-3-1-2-4-13(10)18/h1-6,9H,7-8H2. The van der Waals surface area contributed by atoms with E-state index in [1.165, 1.54) is 12.1 Å². The molecule has 0 aliphatic heterocycles. The molecule has 106 valence electrons. The second kappa shape index (κ2) is 6.88. The van der Waals surface area contributed by atoms with Crippen LogP contribution >= 0.6 is 39.1 Å². The Labute approximate surface area is 134 Å². The highest BCUT2D eigenvalue weighted by Gasteiger charge is 2.20. The van der Waals surface area contributed by atoms with Crippen LogP contribution in [0, 0.1) is 11.6 Å². The molecule has 2 rings (SSSR count). The van der Waals surface area contributed by atoms with Gasteiger partial charge in [0, 0.05) is 22.4 Å². The molecule has 2 aromatic carbocycles. The summed E-state index contributed by atoms with van der Waals surface area (Å²) in [5.41, 5.74) is 0.813. The molecule has 0 aromatic heterocycles. The van der Waals surface area contributed by atoms with Crippen molar-refractivity contribution in [2.75, 3.05) is 5.88 Å². The molecule has 2 aromatic rings. The minimum absolute atomic E-state index is 0.0185. The Morgan fingerprint density at radius 1 is 1.10 bits per heavy atom. The van der Waals surface area contributed by atoms with E-state index >= 15 is 0 Å². The fraction of sp³-hybridized carbons (Fsp3) is 0.200. The van der Waals surface area contributed by atoms with E-state index in [-0.39, 0.29) is 28.3 Å². The van der Waals surface area contributed by atoms with Crippen LogP contribution in [0.4, 0.5) is 8.78 Å². The van der Waals surface area contributed by atoms with Crippen molar-refractivity contribution in [2.24, 2.45) is 0 Å². The van der Waals surface area contributed by atoms with Crippen molar-refractivity contribution in [3.63, 3.8) is 0 Å². The smallest absolute Gasteiger partial charge is 0.143 e. The zero-order chi connectivity index (χ0) is 14.7. The van der Waals surface area contributed by atoms with Crippen molar-refractivity contribution >= 4 is 39.1 Å². The third-order valence-electron chi connectivity index (χ3n) is 3.12. The van der Waals surface area contributed by atoms with Crippen LogP contribution in [0.1, 0.15) is 17.0 Å². The van der Waals surface area contributed by atoms with Gasteiger partial charge in [0.1, 0.15) is 11.6 Å². The van der Waals surface area contributed by atoms with Gasteiger partial charge < -0.3 is 0 Å². The second-order valence-corrected chi connectivity index (χ2v) is 5.97. The lowest BCUT2D eigenvalue weighted by Crippen LogP contribution is -2.09. The maximum atomic E-state index is 14.0. The van der Waals surface area contributed by atoms with Crippen LogP contribution in [-0.2, 0) is 6.42 Å². The number of hydrogen-bond acceptors (Lipinski definition) is 0. The SMILES string of the molecule is Fc1ccc(Br)c(F)c1CC(CCl)c1ccccc1Cl. The zero-order valence-corrected chi connectivity index (χ0v) is 13.4. The van der Waals surface area contributed by atoms with E-state index in [4.69, 9.17) is 23.2 Å². The van der Waals surface area contributed by atoms with E-state index in [0.717, 1.165) is 5.56 Å². The van der Waals surface area contributed by atoms with Crippen LogP contribution < -0.4 is 0 Å². The lowest BCUT2D eigenvalue weighted by Gasteiger charge is -2.17. The molecule has 0 saturated carbocycles. The molecule has 0 spiro atoms. The fourth-order valence-electron chi connectivity index (χ4n) is 2.06. The summed E-state index contributed by atoms with van der Waals surface area (Å²) < 4.78 is 28.1. The van der Waals surface area contributed by atoms with E-state index in [0.29, 0.717) is 5.02 Å². The van der Waals surface area contributed by atoms with Gasteiger partial charge in [-0.15, -0.1) is 11.6 Å². The maximum absolute atomic E-state index is 14.0. The molecular formula is C15H11BrCl2F2. The minimum atomic E-state index is -0.591. The number of hydrogen-bond donors (Lipinski definition) is 0. The quantitative estimate of drug-likeness (QED) is 0.455. The molecule has 1 atom stereocenters. The lowest BCUT2D eigenvalue weighted by molar-refractivity contribution is 0.540. The molecule has 0 amide bonds. The first kappa shape index (κ1) is 15.7. The summed E-state index contributed by atoms with van der Waals surface area (Å²) in [5.74, 6) is -1.18. The molecule has 0 bridgehead atoms. The summed E-state index contributed by atoms with van der Waals surface area (Å²) in [4.78, 5) is 0. The van der Waals surface area contributed by atoms with Gasteiger partial charge in [-0.25, -0.2) is 8.78 Å². The number of rotatable bonds is 4. The number of benzene rings is 2. The highest BCUT2D eigenvalue weighted by molar-refractivity contribution is 9.10. The van der Waals surface area contributed by atoms with Crippen molar-refractivity contribution in [1.82, 2.24) is 0 Å². The van der Waals surface area contributed by atoms with Crippen LogP contribution in [0.3, 0.4) is 0 Å². The van der Waals surface area contributed by atoms with Gasteiger partial charge in [-0.05, 0) is 46.1 Å². The Morgan fingerprint density at radius 3 is 2.45 bits per heavy atom. The third kappa shape index (κ3) is 3.33. The molecule has 1 unspecified atom stereocenters. The predicted octanol–water partition coefficient (Wildman–Crippen LogP) is 5.95. The number of halogens is 5. The summed E-state index contributed by atoms with van der Waals surface area (Å²) in [6.07, 6.45) is 0.157. The molecule has 0 aliphatic rings. The molecule has 0 aliphatic carbocycles. The first-order valence-electron chi connectivity index (χ1n) is 5.97. The molecule has 0 N–H and O–H groups in total. The predicted molar refractivity (Wildman–Crippen MR) is 82.7 cm³/mol. The van der Waals surface area contributed by atoms with E-state index < -0.39 is 11.6 Å². The van der Waals surface area contributed by atoms with Crippen molar-refractivity contribution in [1.29, 1.82) is 0 Å². The third-order valence-corrected chi connectivity index (χ3v) is 4.45. The molecule has 0 fully saturated rings. The van der Waals surface area contributed by atoms with Crippen LogP contribution in [0.5, 0.6) is 0 Å². The van der Waals surface area contributed by atoms with Gasteiger partial charge in [-0.2, -0.15) is 0 Å². The van der Waals surface area contributed by atoms with Gasteiger partial charge in [-0.3, -0.25) is 0 Å².